The molecule has 0 heterocycles. The Balaban J connectivity index is 4.56. The molecule has 0 amide bonds. The summed E-state index contributed by atoms with van der Waals surface area (Å²) in [7, 11) is 0. The van der Waals surface area contributed by atoms with Crippen molar-refractivity contribution in [2.24, 2.45) is 5.73 Å². The van der Waals surface area contributed by atoms with Gasteiger partial charge in [-0.15, -0.1) is 0 Å². The fraction of sp³-hybridized carbons (Fsp3) is 0.837. The van der Waals surface area contributed by atoms with E-state index in [0.29, 0.717) is 13.2 Å². The molecule has 1 atom stereocenters. The molecule has 0 rings (SSSR count). The summed E-state index contributed by atoms with van der Waals surface area (Å²) >= 11 is 0. The summed E-state index contributed by atoms with van der Waals surface area (Å²) in [5, 5.41) is 10.9. The SMILES string of the molecule is CCCCC/C=C(/C/C=C\CCCCCCCC)OCC(COCCCCCCCC/C=C/C/C=C/CCCCC)NCCCNCCCCNCCCN. The minimum atomic E-state index is 0.204. The van der Waals surface area contributed by atoms with E-state index < -0.39 is 0 Å². The molecule has 0 saturated heterocycles. The maximum atomic E-state index is 6.53. The second-order valence-electron chi connectivity index (χ2n) is 15.7. The molecule has 5 N–H and O–H groups in total. The van der Waals surface area contributed by atoms with E-state index >= 15 is 0 Å². The molecule has 0 aromatic carbocycles. The topological polar surface area (TPSA) is 80.6 Å². The van der Waals surface area contributed by atoms with Crippen molar-refractivity contribution in [1.82, 2.24) is 16.0 Å². The van der Waals surface area contributed by atoms with Gasteiger partial charge in [0.15, 0.2) is 0 Å². The molecule has 6 heteroatoms. The Hall–Kier alpha value is -1.44. The van der Waals surface area contributed by atoms with Gasteiger partial charge in [-0.3, -0.25) is 0 Å². The van der Waals surface area contributed by atoms with Crippen LogP contribution in [0.5, 0.6) is 0 Å². The van der Waals surface area contributed by atoms with Crippen LogP contribution in [-0.4, -0.2) is 65.1 Å². The van der Waals surface area contributed by atoms with Crippen molar-refractivity contribution in [2.75, 3.05) is 59.1 Å². The Morgan fingerprint density at radius 3 is 1.64 bits per heavy atom. The molecule has 55 heavy (non-hydrogen) atoms. The molecular formula is C49H96N4O2. The Morgan fingerprint density at radius 1 is 0.491 bits per heavy atom. The zero-order valence-electron chi connectivity index (χ0n) is 37.2. The number of hydrogen-bond acceptors (Lipinski definition) is 6. The standard InChI is InChI=1S/C49H96N4O2/c1-4-7-10-13-15-17-18-19-20-21-22-23-25-27-29-34-45-54-46-48(53-44-36-43-52-41-33-32-40-51-42-35-39-50)47-55-49(37-30-12-9-6-3)38-31-28-26-24-16-14-11-8-5-2/h15,17,19-20,28,31,37,48,51-53H,4-14,16,18,21-27,29-30,32-36,38-47,50H2,1-3H3/b17-15+,20-19+,31-28-,49-37-. The highest BCUT2D eigenvalue weighted by Crippen LogP contribution is 2.13. The van der Waals surface area contributed by atoms with Crippen LogP contribution in [-0.2, 0) is 9.47 Å². The largest absolute Gasteiger partial charge is 0.496 e. The van der Waals surface area contributed by atoms with Crippen LogP contribution < -0.4 is 21.7 Å². The van der Waals surface area contributed by atoms with Crippen LogP contribution in [0.3, 0.4) is 0 Å². The molecule has 324 valence electrons. The normalized spacial score (nSPS) is 13.0. The predicted octanol–water partition coefficient (Wildman–Crippen LogP) is 12.7. The summed E-state index contributed by atoms with van der Waals surface area (Å²) in [6.45, 7) is 15.0. The summed E-state index contributed by atoms with van der Waals surface area (Å²) < 4.78 is 12.8. The van der Waals surface area contributed by atoms with E-state index in [9.17, 15) is 0 Å². The first-order chi connectivity index (χ1) is 27.3. The van der Waals surface area contributed by atoms with E-state index in [0.717, 1.165) is 90.2 Å². The lowest BCUT2D eigenvalue weighted by atomic mass is 10.1. The average molecular weight is 773 g/mol. The molecule has 0 aromatic rings. The van der Waals surface area contributed by atoms with E-state index in [2.05, 4.69) is 79.3 Å². The summed E-state index contributed by atoms with van der Waals surface area (Å²) in [5.41, 5.74) is 5.57. The smallest absolute Gasteiger partial charge is 0.105 e. The first-order valence-corrected chi connectivity index (χ1v) is 24.0. The lowest BCUT2D eigenvalue weighted by Crippen LogP contribution is -2.39. The summed E-state index contributed by atoms with van der Waals surface area (Å²) in [6, 6.07) is 0.204. The Bertz CT molecular complexity index is 843. The zero-order chi connectivity index (χ0) is 39.8. The number of allylic oxidation sites excluding steroid dienone is 7. The van der Waals surface area contributed by atoms with Gasteiger partial charge in [-0.05, 0) is 135 Å². The van der Waals surface area contributed by atoms with Crippen molar-refractivity contribution in [1.29, 1.82) is 0 Å². The van der Waals surface area contributed by atoms with Gasteiger partial charge in [0.1, 0.15) is 6.61 Å². The number of ether oxygens (including phenoxy) is 2. The summed E-state index contributed by atoms with van der Waals surface area (Å²) in [5.74, 6) is 1.13. The van der Waals surface area contributed by atoms with Gasteiger partial charge in [0.2, 0.25) is 0 Å². The second-order valence-corrected chi connectivity index (χ2v) is 15.7. The van der Waals surface area contributed by atoms with E-state index in [1.165, 1.54) is 141 Å². The van der Waals surface area contributed by atoms with E-state index in [-0.39, 0.29) is 6.04 Å². The summed E-state index contributed by atoms with van der Waals surface area (Å²) in [6.07, 6.45) is 51.4. The quantitative estimate of drug-likeness (QED) is 0.0280. The molecule has 0 fully saturated rings. The highest BCUT2D eigenvalue weighted by atomic mass is 16.5. The third-order valence-electron chi connectivity index (χ3n) is 10.1. The lowest BCUT2D eigenvalue weighted by molar-refractivity contribution is 0.0748. The van der Waals surface area contributed by atoms with Crippen LogP contribution in [0, 0.1) is 0 Å². The molecule has 0 spiro atoms. The molecule has 0 radical (unpaired) electrons. The number of unbranched alkanes of at least 4 members (excludes halogenated alkanes) is 19. The minimum absolute atomic E-state index is 0.204. The molecule has 0 aliphatic heterocycles. The van der Waals surface area contributed by atoms with Crippen LogP contribution in [0.15, 0.2) is 48.3 Å². The monoisotopic (exact) mass is 773 g/mol. The van der Waals surface area contributed by atoms with Gasteiger partial charge in [-0.2, -0.15) is 0 Å². The van der Waals surface area contributed by atoms with Gasteiger partial charge in [-0.25, -0.2) is 0 Å². The molecule has 1 unspecified atom stereocenters. The van der Waals surface area contributed by atoms with Crippen LogP contribution in [0.1, 0.15) is 201 Å². The fourth-order valence-electron chi connectivity index (χ4n) is 6.51. The van der Waals surface area contributed by atoms with Crippen LogP contribution in [0.25, 0.3) is 0 Å². The average Bonchev–Trinajstić information content (AvgIpc) is 3.20. The Morgan fingerprint density at radius 2 is 1.00 bits per heavy atom. The maximum Gasteiger partial charge on any atom is 0.105 e. The maximum absolute atomic E-state index is 6.53. The van der Waals surface area contributed by atoms with Gasteiger partial charge < -0.3 is 31.2 Å². The zero-order valence-corrected chi connectivity index (χ0v) is 37.2. The minimum Gasteiger partial charge on any atom is -0.496 e. The molecule has 0 saturated carbocycles. The van der Waals surface area contributed by atoms with Crippen molar-refractivity contribution < 1.29 is 9.47 Å². The van der Waals surface area contributed by atoms with Gasteiger partial charge in [-0.1, -0.05) is 141 Å². The third-order valence-corrected chi connectivity index (χ3v) is 10.1. The lowest BCUT2D eigenvalue weighted by Gasteiger charge is -2.21. The van der Waals surface area contributed by atoms with E-state index in [4.69, 9.17) is 15.2 Å². The van der Waals surface area contributed by atoms with Gasteiger partial charge in [0.05, 0.1) is 18.4 Å². The second kappa shape index (κ2) is 48.7. The van der Waals surface area contributed by atoms with Crippen molar-refractivity contribution >= 4 is 0 Å². The third kappa shape index (κ3) is 45.1. The van der Waals surface area contributed by atoms with Crippen LogP contribution in [0.2, 0.25) is 0 Å². The molecule has 0 aromatic heterocycles. The van der Waals surface area contributed by atoms with E-state index in [1.807, 2.05) is 0 Å². The number of nitrogens with one attached hydrogen (secondary N) is 3. The van der Waals surface area contributed by atoms with Crippen molar-refractivity contribution in [3.8, 4) is 0 Å². The molecule has 0 aliphatic carbocycles. The molecule has 6 nitrogen and oxygen atoms in total. The Kier molecular flexibility index (Phi) is 47.4. The molecule has 0 bridgehead atoms. The van der Waals surface area contributed by atoms with Crippen molar-refractivity contribution in [3.05, 3.63) is 48.3 Å². The van der Waals surface area contributed by atoms with Crippen LogP contribution in [0.4, 0.5) is 0 Å². The molecule has 0 aliphatic rings. The predicted molar refractivity (Wildman–Crippen MR) is 245 cm³/mol. The van der Waals surface area contributed by atoms with E-state index in [1.54, 1.807) is 0 Å². The van der Waals surface area contributed by atoms with Gasteiger partial charge >= 0.3 is 0 Å². The first-order valence-electron chi connectivity index (χ1n) is 24.0. The van der Waals surface area contributed by atoms with Gasteiger partial charge in [0, 0.05) is 13.0 Å². The van der Waals surface area contributed by atoms with Gasteiger partial charge in [0.25, 0.3) is 0 Å². The Labute approximate surface area is 344 Å². The highest BCUT2D eigenvalue weighted by molar-refractivity contribution is 5.01. The van der Waals surface area contributed by atoms with Crippen LogP contribution >= 0.6 is 0 Å². The summed E-state index contributed by atoms with van der Waals surface area (Å²) in [4.78, 5) is 0. The van der Waals surface area contributed by atoms with Crippen molar-refractivity contribution in [3.63, 3.8) is 0 Å². The number of hydrogen-bond donors (Lipinski definition) is 4. The first kappa shape index (κ1) is 53.6. The fourth-order valence-corrected chi connectivity index (χ4v) is 6.51. The molecular weight excluding hydrogens is 677 g/mol. The van der Waals surface area contributed by atoms with Crippen molar-refractivity contribution in [2.45, 2.75) is 207 Å². The number of rotatable bonds is 46. The number of nitrogens with two attached hydrogens (primary N) is 1. The highest BCUT2D eigenvalue weighted by Gasteiger charge is 2.11.